The third-order valence-corrected chi connectivity index (χ3v) is 3.59. The first kappa shape index (κ1) is 24.6. The molecule has 7 heteroatoms. The summed E-state index contributed by atoms with van der Waals surface area (Å²) in [6.45, 7) is 10.1. The molecule has 1 atom stereocenters. The van der Waals surface area contributed by atoms with Crippen molar-refractivity contribution < 1.29 is 19.1 Å². The topological polar surface area (TPSA) is 87.7 Å². The summed E-state index contributed by atoms with van der Waals surface area (Å²) >= 11 is 0. The minimum atomic E-state index is -1.10. The van der Waals surface area contributed by atoms with Gasteiger partial charge in [0.2, 0.25) is 5.91 Å². The molecule has 0 aliphatic carbocycles. The second kappa shape index (κ2) is 9.84. The Labute approximate surface area is 178 Å². The van der Waals surface area contributed by atoms with Gasteiger partial charge in [0.25, 0.3) is 5.91 Å². The van der Waals surface area contributed by atoms with Gasteiger partial charge in [0.05, 0.1) is 0 Å². The van der Waals surface area contributed by atoms with E-state index in [1.807, 2.05) is 20.8 Å². The van der Waals surface area contributed by atoms with E-state index in [1.165, 1.54) is 0 Å². The molecule has 1 unspecified atom stereocenters. The molecule has 0 aliphatic heterocycles. The lowest BCUT2D eigenvalue weighted by molar-refractivity contribution is -0.137. The number of alkyl carbamates (subject to hydrolysis) is 1. The number of nitrogens with zero attached hydrogens (tertiary/aromatic N) is 1. The number of hydrogen-bond acceptors (Lipinski definition) is 4. The van der Waals surface area contributed by atoms with Crippen molar-refractivity contribution in [3.05, 3.63) is 35.4 Å². The summed E-state index contributed by atoms with van der Waals surface area (Å²) in [6.07, 6.45) is 10.2. The van der Waals surface area contributed by atoms with Crippen LogP contribution in [0.1, 0.15) is 58.7 Å². The normalized spacial score (nSPS) is 12.0. The molecule has 1 aromatic rings. The molecule has 0 aromatic heterocycles. The van der Waals surface area contributed by atoms with E-state index in [2.05, 4.69) is 22.6 Å². The number of benzene rings is 1. The zero-order valence-electron chi connectivity index (χ0n) is 18.3. The maximum Gasteiger partial charge on any atom is 0.408 e. The Hall–Kier alpha value is -3.45. The second-order valence-electron chi connectivity index (χ2n) is 8.66. The molecule has 0 bridgehead atoms. The summed E-state index contributed by atoms with van der Waals surface area (Å²) in [4.78, 5) is 38.5. The van der Waals surface area contributed by atoms with Gasteiger partial charge in [0.15, 0.2) is 0 Å². The summed E-state index contributed by atoms with van der Waals surface area (Å²) in [7, 11) is 0. The highest BCUT2D eigenvalue weighted by Gasteiger charge is 2.33. The van der Waals surface area contributed by atoms with Crippen LogP contribution in [0.5, 0.6) is 0 Å². The van der Waals surface area contributed by atoms with E-state index < -0.39 is 41.6 Å². The number of carbonyl (C=O) groups is 3. The highest BCUT2D eigenvalue weighted by molar-refractivity contribution is 5.91. The Kier molecular flexibility index (Phi) is 8.07. The fourth-order valence-corrected chi connectivity index (χ4v) is 2.45. The summed E-state index contributed by atoms with van der Waals surface area (Å²) in [5.74, 6) is 1.40. The Bertz CT molecular complexity index is 862. The number of hydrogen-bond donors (Lipinski definition) is 2. The number of rotatable bonds is 5. The van der Waals surface area contributed by atoms with Crippen molar-refractivity contribution in [3.63, 3.8) is 0 Å². The molecule has 0 saturated heterocycles. The Balaban J connectivity index is 3.14. The predicted octanol–water partition coefficient (Wildman–Crippen LogP) is 2.57. The summed E-state index contributed by atoms with van der Waals surface area (Å²) in [5, 5.41) is 5.19. The average molecular weight is 412 g/mol. The van der Waals surface area contributed by atoms with Crippen LogP contribution in [0, 0.1) is 24.8 Å². The molecule has 30 heavy (non-hydrogen) atoms. The highest BCUT2D eigenvalue weighted by Crippen LogP contribution is 2.22. The first-order chi connectivity index (χ1) is 13.8. The van der Waals surface area contributed by atoms with Gasteiger partial charge in [0, 0.05) is 17.1 Å². The van der Waals surface area contributed by atoms with E-state index in [9.17, 15) is 14.4 Å². The van der Waals surface area contributed by atoms with Crippen LogP contribution in [-0.4, -0.2) is 40.5 Å². The summed E-state index contributed by atoms with van der Waals surface area (Å²) in [5.41, 5.74) is -0.155. The van der Waals surface area contributed by atoms with Gasteiger partial charge in [0.1, 0.15) is 18.2 Å². The monoisotopic (exact) mass is 411 g/mol. The largest absolute Gasteiger partial charge is 0.444 e. The fraction of sp³-hybridized carbons (Fsp3) is 0.435. The fourth-order valence-electron chi connectivity index (χ4n) is 2.45. The second-order valence-corrected chi connectivity index (χ2v) is 8.66. The third kappa shape index (κ3) is 7.89. The molecule has 1 aromatic carbocycles. The standard InChI is InChI=1S/C23H29N3O4/c1-9-16-11-13-17(14-12-16)19(20(28)25-22(3,4)5)26(10-2)18(27)15-24-21(29)30-23(6,7)8/h1-2,11-14,19H,15H2,3-8H3,(H,24,29)(H,25,28). The maximum absolute atomic E-state index is 13.0. The molecule has 0 spiro atoms. The van der Waals surface area contributed by atoms with Crippen molar-refractivity contribution in [2.24, 2.45) is 0 Å². The van der Waals surface area contributed by atoms with Crippen LogP contribution in [0.3, 0.4) is 0 Å². The van der Waals surface area contributed by atoms with Crippen molar-refractivity contribution in [2.45, 2.75) is 58.7 Å². The van der Waals surface area contributed by atoms with Crippen LogP contribution >= 0.6 is 0 Å². The van der Waals surface area contributed by atoms with Gasteiger partial charge in [-0.1, -0.05) is 24.5 Å². The van der Waals surface area contributed by atoms with Gasteiger partial charge in [-0.2, -0.15) is 0 Å². The van der Waals surface area contributed by atoms with Gasteiger partial charge in [-0.3, -0.25) is 14.5 Å². The number of carbonyl (C=O) groups excluding carboxylic acids is 3. The summed E-state index contributed by atoms with van der Waals surface area (Å²) < 4.78 is 5.11. The Morgan fingerprint density at radius 1 is 1.07 bits per heavy atom. The van der Waals surface area contributed by atoms with Gasteiger partial charge in [-0.15, -0.1) is 6.42 Å². The predicted molar refractivity (Wildman–Crippen MR) is 115 cm³/mol. The van der Waals surface area contributed by atoms with Crippen LogP contribution in [0.4, 0.5) is 4.79 Å². The van der Waals surface area contributed by atoms with E-state index in [0.717, 1.165) is 4.90 Å². The van der Waals surface area contributed by atoms with Gasteiger partial charge in [-0.25, -0.2) is 4.79 Å². The minimum Gasteiger partial charge on any atom is -0.444 e. The van der Waals surface area contributed by atoms with Crippen molar-refractivity contribution in [1.29, 1.82) is 0 Å². The molecule has 7 nitrogen and oxygen atoms in total. The first-order valence-corrected chi connectivity index (χ1v) is 9.41. The molecule has 0 radical (unpaired) electrons. The SMILES string of the molecule is C#Cc1ccc(C(C(=O)NC(C)(C)C)N(C#C)C(=O)CNC(=O)OC(C)(C)C)cc1. The van der Waals surface area contributed by atoms with Gasteiger partial charge < -0.3 is 15.4 Å². The molecule has 0 aliphatic rings. The maximum atomic E-state index is 13.0. The Morgan fingerprint density at radius 2 is 1.63 bits per heavy atom. The van der Waals surface area contributed by atoms with Gasteiger partial charge in [-0.05, 0) is 59.2 Å². The van der Waals surface area contributed by atoms with Crippen LogP contribution in [0.25, 0.3) is 0 Å². The first-order valence-electron chi connectivity index (χ1n) is 9.41. The number of ether oxygens (including phenoxy) is 1. The van der Waals surface area contributed by atoms with E-state index in [1.54, 1.807) is 45.0 Å². The number of nitrogens with one attached hydrogen (secondary N) is 2. The molecule has 1 rings (SSSR count). The minimum absolute atomic E-state index is 0.430. The molecule has 0 fully saturated rings. The van der Waals surface area contributed by atoms with E-state index in [-0.39, 0.29) is 0 Å². The van der Waals surface area contributed by atoms with Crippen LogP contribution in [-0.2, 0) is 14.3 Å². The lowest BCUT2D eigenvalue weighted by Gasteiger charge is -2.30. The van der Waals surface area contributed by atoms with Crippen LogP contribution in [0.2, 0.25) is 0 Å². The van der Waals surface area contributed by atoms with Crippen molar-refractivity contribution in [3.8, 4) is 24.8 Å². The van der Waals surface area contributed by atoms with Crippen molar-refractivity contribution in [1.82, 2.24) is 15.5 Å². The lowest BCUT2D eigenvalue weighted by Crippen LogP contribution is -2.49. The number of terminal acetylenes is 2. The molecular formula is C23H29N3O4. The molecular weight excluding hydrogens is 382 g/mol. The molecule has 0 heterocycles. The lowest BCUT2D eigenvalue weighted by atomic mass is 10.0. The van der Waals surface area contributed by atoms with Crippen molar-refractivity contribution in [2.75, 3.05) is 6.54 Å². The van der Waals surface area contributed by atoms with E-state index in [4.69, 9.17) is 17.6 Å². The number of amides is 3. The zero-order chi connectivity index (χ0) is 23.1. The van der Waals surface area contributed by atoms with Crippen LogP contribution in [0.15, 0.2) is 24.3 Å². The van der Waals surface area contributed by atoms with Crippen molar-refractivity contribution >= 4 is 17.9 Å². The smallest absolute Gasteiger partial charge is 0.408 e. The molecule has 160 valence electrons. The zero-order valence-corrected chi connectivity index (χ0v) is 18.3. The van der Waals surface area contributed by atoms with E-state index in [0.29, 0.717) is 11.1 Å². The molecule has 2 N–H and O–H groups in total. The molecule has 3 amide bonds. The van der Waals surface area contributed by atoms with Gasteiger partial charge >= 0.3 is 6.09 Å². The quantitative estimate of drug-likeness (QED) is 0.576. The summed E-state index contributed by atoms with van der Waals surface area (Å²) in [6, 6.07) is 7.75. The Morgan fingerprint density at radius 3 is 2.07 bits per heavy atom. The molecule has 0 saturated carbocycles. The average Bonchev–Trinajstić information content (AvgIpc) is 2.61. The van der Waals surface area contributed by atoms with Crippen LogP contribution < -0.4 is 10.6 Å². The van der Waals surface area contributed by atoms with E-state index >= 15 is 0 Å². The third-order valence-electron chi connectivity index (χ3n) is 3.59. The highest BCUT2D eigenvalue weighted by atomic mass is 16.6.